The second-order valence-corrected chi connectivity index (χ2v) is 11.0. The SMILES string of the molecule is COc1cccc(N(CCCC(=O)N(Cc2ccc(Cl)cc2)C(C)C(=O)NC(C)C)S(C)(=O)=O)c1. The first-order valence-corrected chi connectivity index (χ1v) is 13.6. The van der Waals surface area contributed by atoms with E-state index in [1.54, 1.807) is 43.3 Å². The van der Waals surface area contributed by atoms with Gasteiger partial charge in [-0.1, -0.05) is 29.8 Å². The summed E-state index contributed by atoms with van der Waals surface area (Å²) in [5, 5.41) is 3.43. The minimum absolute atomic E-state index is 0.0661. The molecule has 0 aliphatic carbocycles. The van der Waals surface area contributed by atoms with Crippen LogP contribution in [0.4, 0.5) is 5.69 Å². The minimum atomic E-state index is -3.58. The molecule has 1 N–H and O–H groups in total. The van der Waals surface area contributed by atoms with Gasteiger partial charge in [0.05, 0.1) is 19.1 Å². The molecular weight excluding hydrogens is 490 g/mol. The lowest BCUT2D eigenvalue weighted by Gasteiger charge is -2.30. The van der Waals surface area contributed by atoms with Crippen molar-refractivity contribution >= 4 is 39.1 Å². The van der Waals surface area contributed by atoms with E-state index >= 15 is 0 Å². The number of ether oxygens (including phenoxy) is 1. The van der Waals surface area contributed by atoms with Gasteiger partial charge in [0.2, 0.25) is 21.8 Å². The summed E-state index contributed by atoms with van der Waals surface area (Å²) in [6.45, 7) is 5.74. The molecule has 0 aromatic heterocycles. The molecule has 1 unspecified atom stereocenters. The van der Waals surface area contributed by atoms with Crippen LogP contribution in [0.5, 0.6) is 5.75 Å². The quantitative estimate of drug-likeness (QED) is 0.456. The van der Waals surface area contributed by atoms with E-state index in [4.69, 9.17) is 16.3 Å². The molecule has 0 saturated carbocycles. The first-order valence-electron chi connectivity index (χ1n) is 11.4. The Morgan fingerprint density at radius 3 is 2.31 bits per heavy atom. The molecule has 192 valence electrons. The first kappa shape index (κ1) is 28.5. The molecule has 0 aliphatic rings. The zero-order valence-corrected chi connectivity index (χ0v) is 22.4. The standard InChI is InChI=1S/C25H34ClN3O5S/c1-18(2)27-25(31)19(3)28(17-20-11-13-21(26)14-12-20)24(30)10-7-15-29(35(5,32)33)22-8-6-9-23(16-22)34-4/h6,8-9,11-14,16,18-19H,7,10,15,17H2,1-5H3,(H,27,31). The highest BCUT2D eigenvalue weighted by molar-refractivity contribution is 7.92. The molecule has 10 heteroatoms. The highest BCUT2D eigenvalue weighted by Crippen LogP contribution is 2.24. The maximum atomic E-state index is 13.2. The van der Waals surface area contributed by atoms with Crippen molar-refractivity contribution in [2.45, 2.75) is 52.2 Å². The van der Waals surface area contributed by atoms with Crippen LogP contribution < -0.4 is 14.4 Å². The summed E-state index contributed by atoms with van der Waals surface area (Å²) in [6.07, 6.45) is 1.47. The van der Waals surface area contributed by atoms with Gasteiger partial charge in [0, 0.05) is 36.6 Å². The lowest BCUT2D eigenvalue weighted by atomic mass is 10.1. The summed E-state index contributed by atoms with van der Waals surface area (Å²) in [6, 6.07) is 13.1. The van der Waals surface area contributed by atoms with Gasteiger partial charge in [0.15, 0.2) is 0 Å². The van der Waals surface area contributed by atoms with Crippen LogP contribution in [0.25, 0.3) is 0 Å². The lowest BCUT2D eigenvalue weighted by molar-refractivity contribution is -0.140. The summed E-state index contributed by atoms with van der Waals surface area (Å²) in [7, 11) is -2.07. The highest BCUT2D eigenvalue weighted by Gasteiger charge is 2.27. The third-order valence-electron chi connectivity index (χ3n) is 5.36. The fraction of sp³-hybridized carbons (Fsp3) is 0.440. The normalized spacial score (nSPS) is 12.2. The van der Waals surface area contributed by atoms with E-state index in [-0.39, 0.29) is 43.8 Å². The topological polar surface area (TPSA) is 96.0 Å². The van der Waals surface area contributed by atoms with E-state index in [1.165, 1.54) is 16.3 Å². The van der Waals surface area contributed by atoms with Crippen LogP contribution in [0.15, 0.2) is 48.5 Å². The number of carbonyl (C=O) groups excluding carboxylic acids is 2. The molecule has 1 atom stereocenters. The summed E-state index contributed by atoms with van der Waals surface area (Å²) in [5.74, 6) is 0.0354. The number of halogens is 1. The van der Waals surface area contributed by atoms with Crippen molar-refractivity contribution in [2.75, 3.05) is 24.2 Å². The number of rotatable bonds is 12. The number of nitrogens with zero attached hydrogens (tertiary/aromatic N) is 2. The molecule has 2 rings (SSSR count). The van der Waals surface area contributed by atoms with Crippen molar-refractivity contribution in [1.82, 2.24) is 10.2 Å². The van der Waals surface area contributed by atoms with Gasteiger partial charge in [0.1, 0.15) is 11.8 Å². The number of nitrogens with one attached hydrogen (secondary N) is 1. The average molecular weight is 524 g/mol. The third kappa shape index (κ3) is 8.74. The number of amides is 2. The molecule has 0 heterocycles. The number of sulfonamides is 1. The van der Waals surface area contributed by atoms with Gasteiger partial charge in [-0.05, 0) is 57.0 Å². The van der Waals surface area contributed by atoms with E-state index in [2.05, 4.69) is 5.32 Å². The molecule has 8 nitrogen and oxygen atoms in total. The number of methoxy groups -OCH3 is 1. The predicted octanol–water partition coefficient (Wildman–Crippen LogP) is 3.84. The number of anilines is 1. The average Bonchev–Trinajstić information content (AvgIpc) is 2.79. The molecule has 0 saturated heterocycles. The number of hydrogen-bond donors (Lipinski definition) is 1. The summed E-state index contributed by atoms with van der Waals surface area (Å²) < 4.78 is 31.3. The monoisotopic (exact) mass is 523 g/mol. The number of benzene rings is 2. The Labute approximate surface area is 213 Å². The van der Waals surface area contributed by atoms with Crippen molar-refractivity contribution in [3.8, 4) is 5.75 Å². The summed E-state index contributed by atoms with van der Waals surface area (Å²) in [5.41, 5.74) is 1.29. The van der Waals surface area contributed by atoms with Crippen molar-refractivity contribution in [3.05, 3.63) is 59.1 Å². The van der Waals surface area contributed by atoms with E-state index in [1.807, 2.05) is 26.0 Å². The Kier molecular flexibility index (Phi) is 10.4. The van der Waals surface area contributed by atoms with Gasteiger partial charge >= 0.3 is 0 Å². The molecular formula is C25H34ClN3O5S. The Balaban J connectivity index is 2.17. The van der Waals surface area contributed by atoms with E-state index in [9.17, 15) is 18.0 Å². The summed E-state index contributed by atoms with van der Waals surface area (Å²) >= 11 is 5.98. The second-order valence-electron chi connectivity index (χ2n) is 8.63. The van der Waals surface area contributed by atoms with Gasteiger partial charge in [-0.2, -0.15) is 0 Å². The molecule has 35 heavy (non-hydrogen) atoms. The molecule has 0 bridgehead atoms. The van der Waals surface area contributed by atoms with Crippen molar-refractivity contribution in [1.29, 1.82) is 0 Å². The summed E-state index contributed by atoms with van der Waals surface area (Å²) in [4.78, 5) is 27.4. The fourth-order valence-electron chi connectivity index (χ4n) is 3.54. The Bertz CT molecular complexity index is 1110. The van der Waals surface area contributed by atoms with Gasteiger partial charge in [-0.3, -0.25) is 13.9 Å². The van der Waals surface area contributed by atoms with E-state index in [0.29, 0.717) is 16.5 Å². The molecule has 0 aliphatic heterocycles. The molecule has 2 aromatic rings. The number of hydrogen-bond acceptors (Lipinski definition) is 5. The maximum Gasteiger partial charge on any atom is 0.242 e. The molecule has 0 spiro atoms. The van der Waals surface area contributed by atoms with Gasteiger partial charge < -0.3 is 15.0 Å². The van der Waals surface area contributed by atoms with Gasteiger partial charge in [-0.15, -0.1) is 0 Å². The van der Waals surface area contributed by atoms with Crippen molar-refractivity contribution < 1.29 is 22.7 Å². The fourth-order valence-corrected chi connectivity index (χ4v) is 4.63. The zero-order valence-electron chi connectivity index (χ0n) is 20.8. The highest BCUT2D eigenvalue weighted by atomic mass is 35.5. The third-order valence-corrected chi connectivity index (χ3v) is 6.80. The maximum absolute atomic E-state index is 13.2. The van der Waals surface area contributed by atoms with Crippen LogP contribution in [0.1, 0.15) is 39.2 Å². The van der Waals surface area contributed by atoms with Crippen molar-refractivity contribution in [2.24, 2.45) is 0 Å². The zero-order chi connectivity index (χ0) is 26.2. The smallest absolute Gasteiger partial charge is 0.242 e. The molecule has 2 aromatic carbocycles. The molecule has 0 radical (unpaired) electrons. The van der Waals surface area contributed by atoms with Crippen LogP contribution in [0, 0.1) is 0 Å². The Hall–Kier alpha value is -2.78. The molecule has 2 amide bonds. The second kappa shape index (κ2) is 12.8. The number of carbonyl (C=O) groups is 2. The van der Waals surface area contributed by atoms with Crippen LogP contribution in [-0.2, 0) is 26.2 Å². The first-order chi connectivity index (χ1) is 16.4. The Morgan fingerprint density at radius 1 is 1.09 bits per heavy atom. The minimum Gasteiger partial charge on any atom is -0.497 e. The Morgan fingerprint density at radius 2 is 1.74 bits per heavy atom. The van der Waals surface area contributed by atoms with Crippen LogP contribution >= 0.6 is 11.6 Å². The van der Waals surface area contributed by atoms with E-state index in [0.717, 1.165) is 11.8 Å². The van der Waals surface area contributed by atoms with E-state index < -0.39 is 16.1 Å². The largest absolute Gasteiger partial charge is 0.497 e. The van der Waals surface area contributed by atoms with Gasteiger partial charge in [-0.25, -0.2) is 8.42 Å². The van der Waals surface area contributed by atoms with Crippen LogP contribution in [0.3, 0.4) is 0 Å². The predicted molar refractivity (Wildman–Crippen MR) is 139 cm³/mol. The van der Waals surface area contributed by atoms with Crippen LogP contribution in [0.2, 0.25) is 5.02 Å². The van der Waals surface area contributed by atoms with Crippen LogP contribution in [-0.4, -0.2) is 57.1 Å². The lowest BCUT2D eigenvalue weighted by Crippen LogP contribution is -2.49. The molecule has 0 fully saturated rings. The van der Waals surface area contributed by atoms with Gasteiger partial charge in [0.25, 0.3) is 0 Å². The van der Waals surface area contributed by atoms with Crippen molar-refractivity contribution in [3.63, 3.8) is 0 Å².